The van der Waals surface area contributed by atoms with Crippen molar-refractivity contribution in [3.63, 3.8) is 0 Å². The Labute approximate surface area is 252 Å². The summed E-state index contributed by atoms with van der Waals surface area (Å²) in [4.78, 5) is 0. The van der Waals surface area contributed by atoms with Gasteiger partial charge in [-0.25, -0.2) is 0 Å². The van der Waals surface area contributed by atoms with E-state index in [1.807, 2.05) is 0 Å². The number of hydrogen-bond acceptors (Lipinski definition) is 1. The fourth-order valence-corrected chi connectivity index (χ4v) is 1.58. The van der Waals surface area contributed by atoms with Crippen LogP contribution in [0.5, 0.6) is 0 Å². The summed E-state index contributed by atoms with van der Waals surface area (Å²) in [6.45, 7) is 0. The van der Waals surface area contributed by atoms with Crippen LogP contribution in [0.2, 0.25) is 0 Å². The Morgan fingerprint density at radius 3 is 1.23 bits per heavy atom. The molecule has 0 aromatic heterocycles. The van der Waals surface area contributed by atoms with Gasteiger partial charge in [0, 0.05) is 204 Å². The average Bonchev–Trinajstić information content (AvgIpc) is 1.94. The van der Waals surface area contributed by atoms with E-state index in [2.05, 4.69) is 0 Å². The zero-order chi connectivity index (χ0) is 5.82. The van der Waals surface area contributed by atoms with Crippen molar-refractivity contribution in [3.05, 3.63) is 0 Å². The van der Waals surface area contributed by atoms with Gasteiger partial charge in [0.15, 0.2) is 0 Å². The fourth-order valence-electron chi connectivity index (χ4n) is 1.24. The SMILES string of the molecule is [Nd].[Nd].[Nd].[Nd].[Nd].[S-]C1CCCCCC1. The molecular weight excluding hydrogens is 837 g/mol. The molecule has 0 radical (unpaired) electrons. The largest absolute Gasteiger partial charge is 0.789 e. The quantitative estimate of drug-likeness (QED) is 0.267. The van der Waals surface area contributed by atoms with Gasteiger partial charge in [0.1, 0.15) is 0 Å². The number of rotatable bonds is 0. The van der Waals surface area contributed by atoms with Crippen LogP contribution in [0.25, 0.3) is 0 Å². The maximum Gasteiger partial charge on any atom is 0 e. The van der Waals surface area contributed by atoms with E-state index in [0.29, 0.717) is 5.25 Å². The van der Waals surface area contributed by atoms with Gasteiger partial charge in [-0.05, 0) is 0 Å². The first-order valence-corrected chi connectivity index (χ1v) is 4.02. The first kappa shape index (κ1) is 32.2. The van der Waals surface area contributed by atoms with Gasteiger partial charge in [0.2, 0.25) is 0 Å². The third-order valence-electron chi connectivity index (χ3n) is 1.80. The molecule has 0 heterocycles. The minimum Gasteiger partial charge on any atom is -0.789 e. The van der Waals surface area contributed by atoms with Gasteiger partial charge in [-0.2, -0.15) is 5.25 Å². The molecule has 6 heteroatoms. The monoisotopic (exact) mass is 839 g/mol. The van der Waals surface area contributed by atoms with Gasteiger partial charge >= 0.3 is 0 Å². The molecule has 1 rings (SSSR count). The Kier molecular flexibility index (Phi) is 59.7. The molecule has 13 heavy (non-hydrogen) atoms. The first-order chi connectivity index (χ1) is 3.89. The second kappa shape index (κ2) is 24.1. The van der Waals surface area contributed by atoms with E-state index in [0.717, 1.165) is 0 Å². The van der Waals surface area contributed by atoms with E-state index in [9.17, 15) is 0 Å². The van der Waals surface area contributed by atoms with Gasteiger partial charge in [0.05, 0.1) is 0 Å². The molecular formula is C7H13Nd5S-. The van der Waals surface area contributed by atoms with E-state index in [1.165, 1.54) is 38.5 Å². The van der Waals surface area contributed by atoms with Crippen molar-refractivity contribution in [1.82, 2.24) is 0 Å². The Bertz CT molecular complexity index is 65.9. The second-order valence-corrected chi connectivity index (χ2v) is 3.28. The van der Waals surface area contributed by atoms with Crippen LogP contribution in [0.3, 0.4) is 0 Å². The molecule has 1 aliphatic rings. The van der Waals surface area contributed by atoms with Gasteiger partial charge in [-0.15, -0.1) is 0 Å². The zero-order valence-corrected chi connectivity index (χ0v) is 24.6. The van der Waals surface area contributed by atoms with Crippen LogP contribution < -0.4 is 0 Å². The van der Waals surface area contributed by atoms with Crippen molar-refractivity contribution in [2.75, 3.05) is 0 Å². The Morgan fingerprint density at radius 1 is 0.615 bits per heavy atom. The normalized spacial score (nSPS) is 15.5. The standard InChI is InChI=1S/C7H14S.5Nd/c8-7-5-3-1-2-4-6-7;;;;;/h7-8H,1-6H2;;;;;/p-1. The van der Waals surface area contributed by atoms with Crippen LogP contribution in [0.4, 0.5) is 0 Å². The molecule has 0 nitrogen and oxygen atoms in total. The Morgan fingerprint density at radius 2 is 0.923 bits per heavy atom. The zero-order valence-electron chi connectivity index (χ0n) is 7.73. The van der Waals surface area contributed by atoms with Gasteiger partial charge in [-0.1, -0.05) is 38.5 Å². The van der Waals surface area contributed by atoms with Gasteiger partial charge < -0.3 is 12.6 Å². The molecule has 0 bridgehead atoms. The van der Waals surface area contributed by atoms with Crippen molar-refractivity contribution < 1.29 is 204 Å². The topological polar surface area (TPSA) is 0 Å². The smallest absolute Gasteiger partial charge is 0 e. The van der Waals surface area contributed by atoms with Crippen LogP contribution >= 0.6 is 0 Å². The van der Waals surface area contributed by atoms with Crippen LogP contribution in [-0.4, -0.2) is 5.25 Å². The van der Waals surface area contributed by atoms with Crippen molar-refractivity contribution in [1.29, 1.82) is 0 Å². The predicted molar refractivity (Wildman–Crippen MR) is 38.9 cm³/mol. The molecule has 0 aromatic carbocycles. The third kappa shape index (κ3) is 21.5. The van der Waals surface area contributed by atoms with E-state index in [4.69, 9.17) is 12.6 Å². The first-order valence-electron chi connectivity index (χ1n) is 3.55. The van der Waals surface area contributed by atoms with E-state index < -0.39 is 0 Å². The summed E-state index contributed by atoms with van der Waals surface area (Å²) in [6.07, 6.45) is 8.22. The second-order valence-electron chi connectivity index (χ2n) is 2.61. The van der Waals surface area contributed by atoms with E-state index in [-0.39, 0.29) is 204 Å². The van der Waals surface area contributed by atoms with Gasteiger partial charge in [0.25, 0.3) is 0 Å². The molecule has 0 unspecified atom stereocenters. The molecule has 1 fully saturated rings. The molecule has 0 saturated heterocycles. The summed E-state index contributed by atoms with van der Waals surface area (Å²) in [7, 11) is 0. The molecule has 68 valence electrons. The summed E-state index contributed by atoms with van der Waals surface area (Å²) < 4.78 is 0. The van der Waals surface area contributed by atoms with Crippen LogP contribution in [0, 0.1) is 204 Å². The molecule has 1 aliphatic carbocycles. The van der Waals surface area contributed by atoms with Crippen molar-refractivity contribution in [2.24, 2.45) is 0 Å². The predicted octanol–water partition coefficient (Wildman–Crippen LogP) is 2.26. The molecule has 0 aliphatic heterocycles. The van der Waals surface area contributed by atoms with Gasteiger partial charge in [-0.3, -0.25) is 0 Å². The molecule has 0 spiro atoms. The minimum atomic E-state index is 0. The molecule has 0 N–H and O–H groups in total. The summed E-state index contributed by atoms with van der Waals surface area (Å²) in [5.41, 5.74) is 0. The summed E-state index contributed by atoms with van der Waals surface area (Å²) in [5, 5.41) is 0.609. The average molecular weight is 850 g/mol. The Hall–Kier alpha value is 7.10. The van der Waals surface area contributed by atoms with Crippen LogP contribution in [0.1, 0.15) is 38.5 Å². The molecule has 0 atom stereocenters. The van der Waals surface area contributed by atoms with Crippen LogP contribution in [-0.2, 0) is 12.6 Å². The summed E-state index contributed by atoms with van der Waals surface area (Å²) >= 11 is 5.18. The maximum atomic E-state index is 5.18. The molecule has 1 saturated carbocycles. The van der Waals surface area contributed by atoms with Crippen molar-refractivity contribution in [3.8, 4) is 0 Å². The third-order valence-corrected chi connectivity index (χ3v) is 2.27. The maximum absolute atomic E-state index is 5.18. The Balaban J connectivity index is -0.0000000427. The minimum absolute atomic E-state index is 0. The van der Waals surface area contributed by atoms with E-state index in [1.54, 1.807) is 0 Å². The van der Waals surface area contributed by atoms with Crippen molar-refractivity contribution >= 4 is 12.6 Å². The molecule has 0 amide bonds. The fraction of sp³-hybridized carbons (Fsp3) is 1.00. The summed E-state index contributed by atoms with van der Waals surface area (Å²) in [5.74, 6) is 0. The van der Waals surface area contributed by atoms with E-state index >= 15 is 0 Å². The van der Waals surface area contributed by atoms with Crippen molar-refractivity contribution in [2.45, 2.75) is 43.8 Å². The number of hydrogen-bond donors (Lipinski definition) is 0. The molecule has 0 aromatic rings. The summed E-state index contributed by atoms with van der Waals surface area (Å²) in [6, 6.07) is 0. The van der Waals surface area contributed by atoms with Crippen LogP contribution in [0.15, 0.2) is 0 Å².